The van der Waals surface area contributed by atoms with Gasteiger partial charge in [0.1, 0.15) is 5.82 Å². The van der Waals surface area contributed by atoms with Crippen molar-refractivity contribution in [2.24, 2.45) is 5.92 Å². The number of hydrogen-bond acceptors (Lipinski definition) is 1. The topological polar surface area (TPSA) is 27.8 Å². The van der Waals surface area contributed by atoms with Gasteiger partial charge < -0.3 is 10.3 Å². The van der Waals surface area contributed by atoms with Crippen LogP contribution >= 0.6 is 0 Å². The van der Waals surface area contributed by atoms with Crippen LogP contribution in [0, 0.1) is 11.7 Å². The maximum Gasteiger partial charge on any atom is 0.123 e. The molecule has 3 rings (SSSR count). The van der Waals surface area contributed by atoms with Crippen molar-refractivity contribution in [2.75, 3.05) is 13.1 Å². The molecule has 1 unspecified atom stereocenters. The first-order valence-electron chi connectivity index (χ1n) is 6.27. The van der Waals surface area contributed by atoms with Crippen LogP contribution in [0.25, 0.3) is 10.9 Å². The maximum atomic E-state index is 13.3. The average Bonchev–Trinajstić information content (AvgIpc) is 2.98. The van der Waals surface area contributed by atoms with E-state index < -0.39 is 0 Å². The van der Waals surface area contributed by atoms with E-state index in [1.54, 1.807) is 6.07 Å². The summed E-state index contributed by atoms with van der Waals surface area (Å²) in [6.45, 7) is 4.22. The van der Waals surface area contributed by atoms with Gasteiger partial charge in [-0.1, -0.05) is 6.92 Å². The molecule has 1 saturated carbocycles. The van der Waals surface area contributed by atoms with Gasteiger partial charge in [0.05, 0.1) is 0 Å². The van der Waals surface area contributed by atoms with Crippen molar-refractivity contribution in [2.45, 2.75) is 19.3 Å². The van der Waals surface area contributed by atoms with E-state index in [1.165, 1.54) is 18.1 Å². The highest BCUT2D eigenvalue weighted by atomic mass is 19.1. The molecule has 17 heavy (non-hydrogen) atoms. The zero-order chi connectivity index (χ0) is 11.8. The van der Waals surface area contributed by atoms with E-state index in [9.17, 15) is 4.39 Å². The van der Waals surface area contributed by atoms with Gasteiger partial charge in [0.15, 0.2) is 0 Å². The number of hydrogen-bond donors (Lipinski definition) is 2. The van der Waals surface area contributed by atoms with Crippen LogP contribution in [0.5, 0.6) is 0 Å². The summed E-state index contributed by atoms with van der Waals surface area (Å²) in [5.74, 6) is 1.17. The van der Waals surface area contributed by atoms with Crippen molar-refractivity contribution in [3.05, 3.63) is 35.8 Å². The van der Waals surface area contributed by atoms with Crippen molar-refractivity contribution >= 4 is 10.9 Å². The van der Waals surface area contributed by atoms with Crippen LogP contribution < -0.4 is 5.32 Å². The van der Waals surface area contributed by atoms with Gasteiger partial charge in [-0.25, -0.2) is 4.39 Å². The third kappa shape index (κ3) is 1.95. The lowest BCUT2D eigenvalue weighted by atomic mass is 10.1. The molecule has 90 valence electrons. The Balaban J connectivity index is 1.84. The van der Waals surface area contributed by atoms with E-state index in [-0.39, 0.29) is 5.82 Å². The quantitative estimate of drug-likeness (QED) is 0.833. The second-order valence-corrected chi connectivity index (χ2v) is 4.84. The Morgan fingerprint density at radius 1 is 1.47 bits per heavy atom. The monoisotopic (exact) mass is 232 g/mol. The van der Waals surface area contributed by atoms with Crippen LogP contribution in [0.3, 0.4) is 0 Å². The van der Waals surface area contributed by atoms with Crippen LogP contribution in [-0.4, -0.2) is 18.1 Å². The Hall–Kier alpha value is -1.35. The fraction of sp³-hybridized carbons (Fsp3) is 0.429. The highest BCUT2D eigenvalue weighted by molar-refractivity contribution is 5.84. The van der Waals surface area contributed by atoms with E-state index in [2.05, 4.69) is 17.2 Å². The second-order valence-electron chi connectivity index (χ2n) is 4.84. The Morgan fingerprint density at radius 2 is 2.35 bits per heavy atom. The molecule has 1 aliphatic rings. The Bertz CT molecular complexity index is 532. The molecule has 2 nitrogen and oxygen atoms in total. The molecule has 0 radical (unpaired) electrons. The number of nitrogens with one attached hydrogen (secondary N) is 2. The number of aromatic amines is 1. The molecule has 1 aromatic heterocycles. The highest BCUT2D eigenvalue weighted by Gasteiger charge is 2.38. The molecule has 0 bridgehead atoms. The van der Waals surface area contributed by atoms with Crippen molar-refractivity contribution in [3.63, 3.8) is 0 Å². The minimum Gasteiger partial charge on any atom is -0.361 e. The highest BCUT2D eigenvalue weighted by Crippen LogP contribution is 2.49. The summed E-state index contributed by atoms with van der Waals surface area (Å²) < 4.78 is 13.3. The first kappa shape index (κ1) is 10.8. The molecular weight excluding hydrogens is 215 g/mol. The smallest absolute Gasteiger partial charge is 0.123 e. The summed E-state index contributed by atoms with van der Waals surface area (Å²) in [6.07, 6.45) is 3.26. The second kappa shape index (κ2) is 4.15. The van der Waals surface area contributed by atoms with Crippen LogP contribution in [0.2, 0.25) is 0 Å². The Morgan fingerprint density at radius 3 is 3.18 bits per heavy atom. The molecule has 1 aliphatic carbocycles. The summed E-state index contributed by atoms with van der Waals surface area (Å²) in [5.41, 5.74) is 2.32. The number of rotatable bonds is 4. The van der Waals surface area contributed by atoms with Crippen LogP contribution in [-0.2, 0) is 0 Å². The SMILES string of the molecule is CCNC[C@H]1CC1c1c[nH]c2ccc(F)cc12. The maximum absolute atomic E-state index is 13.3. The van der Waals surface area contributed by atoms with Gasteiger partial charge in [-0.2, -0.15) is 0 Å². The molecule has 0 saturated heterocycles. The van der Waals surface area contributed by atoms with Gasteiger partial charge >= 0.3 is 0 Å². The summed E-state index contributed by atoms with van der Waals surface area (Å²) >= 11 is 0. The van der Waals surface area contributed by atoms with E-state index in [0.717, 1.165) is 29.9 Å². The zero-order valence-corrected chi connectivity index (χ0v) is 9.96. The Kier molecular flexibility index (Phi) is 2.63. The standard InChI is InChI=1S/C14H17FN2/c1-2-16-7-9-5-11(9)13-8-17-14-4-3-10(15)6-12(13)14/h3-4,6,8-9,11,16-17H,2,5,7H2,1H3/t9-,11?/m1/s1. The van der Waals surface area contributed by atoms with E-state index in [4.69, 9.17) is 0 Å². The van der Waals surface area contributed by atoms with Gasteiger partial charge in [-0.3, -0.25) is 0 Å². The van der Waals surface area contributed by atoms with Gasteiger partial charge in [0.2, 0.25) is 0 Å². The summed E-state index contributed by atoms with van der Waals surface area (Å²) in [4.78, 5) is 3.23. The van der Waals surface area contributed by atoms with Crippen molar-refractivity contribution in [3.8, 4) is 0 Å². The fourth-order valence-electron chi connectivity index (χ4n) is 2.61. The lowest BCUT2D eigenvalue weighted by molar-refractivity contribution is 0.629. The third-order valence-corrected chi connectivity index (χ3v) is 3.65. The summed E-state index contributed by atoms with van der Waals surface area (Å²) in [7, 11) is 0. The lowest BCUT2D eigenvalue weighted by Gasteiger charge is -2.00. The molecule has 2 atom stereocenters. The molecule has 0 aliphatic heterocycles. The zero-order valence-electron chi connectivity index (χ0n) is 9.96. The van der Waals surface area contributed by atoms with E-state index in [0.29, 0.717) is 5.92 Å². The molecule has 1 aromatic carbocycles. The predicted molar refractivity (Wildman–Crippen MR) is 67.6 cm³/mol. The van der Waals surface area contributed by atoms with Crippen LogP contribution in [0.15, 0.2) is 24.4 Å². The third-order valence-electron chi connectivity index (χ3n) is 3.65. The number of aromatic nitrogens is 1. The summed E-state index contributed by atoms with van der Waals surface area (Å²) in [6, 6.07) is 4.96. The van der Waals surface area contributed by atoms with Gasteiger partial charge in [0, 0.05) is 17.1 Å². The first-order valence-corrected chi connectivity index (χ1v) is 6.27. The lowest BCUT2D eigenvalue weighted by Crippen LogP contribution is -2.16. The molecule has 1 heterocycles. The minimum absolute atomic E-state index is 0.151. The largest absolute Gasteiger partial charge is 0.361 e. The molecule has 3 heteroatoms. The Labute approximate surface area is 100 Å². The number of benzene rings is 1. The van der Waals surface area contributed by atoms with Crippen LogP contribution in [0.4, 0.5) is 4.39 Å². The number of fused-ring (bicyclic) bond motifs is 1. The van der Waals surface area contributed by atoms with Gasteiger partial charge in [0.25, 0.3) is 0 Å². The molecule has 1 fully saturated rings. The van der Waals surface area contributed by atoms with Crippen molar-refractivity contribution < 1.29 is 4.39 Å². The predicted octanol–water partition coefficient (Wildman–Crippen LogP) is 3.02. The minimum atomic E-state index is -0.151. The first-order chi connectivity index (χ1) is 8.29. The van der Waals surface area contributed by atoms with Gasteiger partial charge in [-0.15, -0.1) is 0 Å². The molecular formula is C14H17FN2. The average molecular weight is 232 g/mol. The molecule has 2 N–H and O–H groups in total. The van der Waals surface area contributed by atoms with Gasteiger partial charge in [-0.05, 0) is 55.1 Å². The molecule has 0 spiro atoms. The summed E-state index contributed by atoms with van der Waals surface area (Å²) in [5, 5.41) is 4.43. The van der Waals surface area contributed by atoms with E-state index >= 15 is 0 Å². The normalized spacial score (nSPS) is 23.2. The molecule has 0 amide bonds. The fourth-order valence-corrected chi connectivity index (χ4v) is 2.61. The van der Waals surface area contributed by atoms with E-state index in [1.807, 2.05) is 12.3 Å². The van der Waals surface area contributed by atoms with Crippen molar-refractivity contribution in [1.82, 2.24) is 10.3 Å². The van der Waals surface area contributed by atoms with Crippen LogP contribution in [0.1, 0.15) is 24.8 Å². The molecule has 2 aromatic rings. The van der Waals surface area contributed by atoms with Crippen molar-refractivity contribution in [1.29, 1.82) is 0 Å². The number of halogens is 1. The number of H-pyrrole nitrogens is 1.